The number of carbonyl (C=O) groups excluding carboxylic acids is 1. The Balaban J connectivity index is 2.41. The highest BCUT2D eigenvalue weighted by Gasteiger charge is 2.20. The van der Waals surface area contributed by atoms with Crippen LogP contribution in [0.25, 0.3) is 10.9 Å². The predicted molar refractivity (Wildman–Crippen MR) is 80.4 cm³/mol. The number of benzene rings is 1. The second-order valence-corrected chi connectivity index (χ2v) is 6.06. The number of H-pyrrole nitrogens is 1. The van der Waals surface area contributed by atoms with E-state index in [1.54, 1.807) is 0 Å². The molecule has 20 heavy (non-hydrogen) atoms. The minimum Gasteiger partial charge on any atom is -0.466 e. The fourth-order valence-corrected chi connectivity index (χ4v) is 2.42. The topological polar surface area (TPSA) is 42.1 Å². The number of carbonyl (C=O) groups is 1. The first-order chi connectivity index (χ1) is 9.40. The Labute approximate surface area is 119 Å². The number of nitrogens with zero attached hydrogens (tertiary/aromatic N) is 1. The minimum absolute atomic E-state index is 0.179. The Hall–Kier alpha value is -1.81. The van der Waals surface area contributed by atoms with Crippen LogP contribution in [-0.4, -0.2) is 43.2 Å². The summed E-state index contributed by atoms with van der Waals surface area (Å²) in [7, 11) is 6.45. The first kappa shape index (κ1) is 14.6. The van der Waals surface area contributed by atoms with Crippen LogP contribution in [0.2, 0.25) is 0 Å². The van der Waals surface area contributed by atoms with Gasteiger partial charge in [0.2, 0.25) is 0 Å². The average Bonchev–Trinajstić information content (AvgIpc) is 2.66. The first-order valence-electron chi connectivity index (χ1n) is 6.95. The van der Waals surface area contributed by atoms with E-state index in [0.29, 0.717) is 13.0 Å². The molecule has 0 aliphatic carbocycles. The van der Waals surface area contributed by atoms with E-state index in [1.165, 1.54) is 10.9 Å². The highest BCUT2D eigenvalue weighted by Crippen LogP contribution is 2.25. The van der Waals surface area contributed by atoms with E-state index in [-0.39, 0.29) is 5.97 Å². The minimum atomic E-state index is -0.179. The zero-order chi connectivity index (χ0) is 14.8. The monoisotopic (exact) mass is 275 g/mol. The van der Waals surface area contributed by atoms with Gasteiger partial charge in [-0.3, -0.25) is 4.79 Å². The van der Waals surface area contributed by atoms with Crippen LogP contribution in [-0.2, 0) is 22.5 Å². The molecule has 0 fully saturated rings. The second-order valence-electron chi connectivity index (χ2n) is 6.06. The fourth-order valence-electron chi connectivity index (χ4n) is 2.42. The largest absolute Gasteiger partial charge is 0.466 e. The Bertz CT molecular complexity index is 608. The lowest BCUT2D eigenvalue weighted by Crippen LogP contribution is -2.33. The molecular formula is C16H23N2O2+. The quantitative estimate of drug-likeness (QED) is 0.673. The summed E-state index contributed by atoms with van der Waals surface area (Å²) in [6, 6.07) is 8.18. The molecule has 2 aromatic rings. The zero-order valence-electron chi connectivity index (χ0n) is 12.7. The molecule has 0 saturated carbocycles. The van der Waals surface area contributed by atoms with Crippen LogP contribution in [0.5, 0.6) is 0 Å². The molecule has 108 valence electrons. The second kappa shape index (κ2) is 5.67. The molecule has 0 radical (unpaired) electrons. The highest BCUT2D eigenvalue weighted by molar-refractivity contribution is 5.86. The number of hydrogen-bond acceptors (Lipinski definition) is 2. The van der Waals surface area contributed by atoms with Gasteiger partial charge >= 0.3 is 5.97 Å². The summed E-state index contributed by atoms with van der Waals surface area (Å²) in [6.45, 7) is 3.12. The molecule has 0 saturated heterocycles. The SMILES string of the molecule is CCOC(=O)Cc1[nH]c2ccccc2c1C[N+](C)(C)C. The molecule has 2 rings (SSSR count). The number of para-hydroxylation sites is 1. The maximum Gasteiger partial charge on any atom is 0.311 e. The highest BCUT2D eigenvalue weighted by atomic mass is 16.5. The third kappa shape index (κ3) is 3.39. The number of rotatable bonds is 5. The fraction of sp³-hybridized carbons (Fsp3) is 0.438. The molecule has 4 nitrogen and oxygen atoms in total. The van der Waals surface area contributed by atoms with Gasteiger partial charge in [-0.15, -0.1) is 0 Å². The van der Waals surface area contributed by atoms with Gasteiger partial charge in [-0.25, -0.2) is 0 Å². The van der Waals surface area contributed by atoms with Gasteiger partial charge in [-0.2, -0.15) is 0 Å². The van der Waals surface area contributed by atoms with E-state index in [2.05, 4.69) is 32.2 Å². The Kier molecular flexibility index (Phi) is 4.14. The average molecular weight is 275 g/mol. The van der Waals surface area contributed by atoms with Crippen LogP contribution < -0.4 is 0 Å². The zero-order valence-corrected chi connectivity index (χ0v) is 12.7. The van der Waals surface area contributed by atoms with Crippen molar-refractivity contribution in [2.75, 3.05) is 27.7 Å². The van der Waals surface area contributed by atoms with Crippen molar-refractivity contribution in [1.29, 1.82) is 0 Å². The van der Waals surface area contributed by atoms with Crippen LogP contribution in [0.15, 0.2) is 24.3 Å². The standard InChI is InChI=1S/C16H23N2O2/c1-5-20-16(19)10-15-13(11-18(2,3)4)12-8-6-7-9-14(12)17-15/h6-9,17H,5,10-11H2,1-4H3/q+1. The van der Waals surface area contributed by atoms with Crippen molar-refractivity contribution >= 4 is 16.9 Å². The van der Waals surface area contributed by atoms with E-state index in [1.807, 2.05) is 25.1 Å². The van der Waals surface area contributed by atoms with Crippen molar-refractivity contribution in [1.82, 2.24) is 4.98 Å². The normalized spacial score (nSPS) is 11.8. The third-order valence-corrected chi connectivity index (χ3v) is 3.16. The summed E-state index contributed by atoms with van der Waals surface area (Å²) >= 11 is 0. The summed E-state index contributed by atoms with van der Waals surface area (Å²) < 4.78 is 5.88. The van der Waals surface area contributed by atoms with Gasteiger partial charge in [0.25, 0.3) is 0 Å². The van der Waals surface area contributed by atoms with Crippen molar-refractivity contribution in [3.8, 4) is 0 Å². The van der Waals surface area contributed by atoms with Crippen molar-refractivity contribution in [3.05, 3.63) is 35.5 Å². The Morgan fingerprint density at radius 1 is 1.25 bits per heavy atom. The van der Waals surface area contributed by atoms with Crippen LogP contribution in [0, 0.1) is 0 Å². The Morgan fingerprint density at radius 2 is 1.95 bits per heavy atom. The number of fused-ring (bicyclic) bond motifs is 1. The molecular weight excluding hydrogens is 252 g/mol. The first-order valence-corrected chi connectivity index (χ1v) is 6.95. The number of ether oxygens (including phenoxy) is 1. The molecule has 1 N–H and O–H groups in total. The number of nitrogens with one attached hydrogen (secondary N) is 1. The Morgan fingerprint density at radius 3 is 2.60 bits per heavy atom. The lowest BCUT2D eigenvalue weighted by atomic mass is 10.1. The summed E-state index contributed by atoms with van der Waals surface area (Å²) in [4.78, 5) is 15.1. The van der Waals surface area contributed by atoms with Gasteiger partial charge in [0.1, 0.15) is 6.54 Å². The van der Waals surface area contributed by atoms with E-state index in [0.717, 1.165) is 22.2 Å². The van der Waals surface area contributed by atoms with E-state index < -0.39 is 0 Å². The van der Waals surface area contributed by atoms with E-state index in [4.69, 9.17) is 4.74 Å². The van der Waals surface area contributed by atoms with Crippen LogP contribution in [0.3, 0.4) is 0 Å². The third-order valence-electron chi connectivity index (χ3n) is 3.16. The van der Waals surface area contributed by atoms with Gasteiger partial charge in [0.05, 0.1) is 34.2 Å². The smallest absolute Gasteiger partial charge is 0.311 e. The number of quaternary nitrogens is 1. The number of hydrogen-bond donors (Lipinski definition) is 1. The summed E-state index contributed by atoms with van der Waals surface area (Å²) in [6.07, 6.45) is 0.303. The lowest BCUT2D eigenvalue weighted by Gasteiger charge is -2.24. The molecule has 0 amide bonds. The summed E-state index contributed by atoms with van der Waals surface area (Å²) in [5.74, 6) is -0.179. The van der Waals surface area contributed by atoms with Crippen LogP contribution in [0.4, 0.5) is 0 Å². The van der Waals surface area contributed by atoms with Gasteiger partial charge in [-0.05, 0) is 13.0 Å². The van der Waals surface area contributed by atoms with Gasteiger partial charge in [-0.1, -0.05) is 18.2 Å². The molecule has 4 heteroatoms. The molecule has 0 spiro atoms. The maximum absolute atomic E-state index is 11.8. The predicted octanol–water partition coefficient (Wildman–Crippen LogP) is 2.48. The molecule has 1 aromatic carbocycles. The van der Waals surface area contributed by atoms with Crippen molar-refractivity contribution in [3.63, 3.8) is 0 Å². The molecule has 0 unspecified atom stereocenters. The molecule has 0 bridgehead atoms. The van der Waals surface area contributed by atoms with Crippen molar-refractivity contribution in [2.45, 2.75) is 19.9 Å². The lowest BCUT2D eigenvalue weighted by molar-refractivity contribution is -0.883. The molecule has 0 atom stereocenters. The van der Waals surface area contributed by atoms with Crippen molar-refractivity contribution < 1.29 is 14.0 Å². The van der Waals surface area contributed by atoms with Crippen LogP contribution in [0.1, 0.15) is 18.2 Å². The van der Waals surface area contributed by atoms with E-state index >= 15 is 0 Å². The molecule has 1 aromatic heterocycles. The molecule has 0 aliphatic rings. The van der Waals surface area contributed by atoms with Crippen LogP contribution >= 0.6 is 0 Å². The van der Waals surface area contributed by atoms with Crippen molar-refractivity contribution in [2.24, 2.45) is 0 Å². The van der Waals surface area contributed by atoms with Gasteiger partial charge in [0, 0.05) is 22.2 Å². The number of aromatic amines is 1. The van der Waals surface area contributed by atoms with Gasteiger partial charge < -0.3 is 14.2 Å². The number of esters is 1. The summed E-state index contributed by atoms with van der Waals surface area (Å²) in [5, 5.41) is 1.19. The maximum atomic E-state index is 11.8. The van der Waals surface area contributed by atoms with Gasteiger partial charge in [0.15, 0.2) is 0 Å². The number of aromatic nitrogens is 1. The van der Waals surface area contributed by atoms with E-state index in [9.17, 15) is 4.79 Å². The molecule has 1 heterocycles. The summed E-state index contributed by atoms with van der Waals surface area (Å²) in [5.41, 5.74) is 3.26. The molecule has 0 aliphatic heterocycles.